The Hall–Kier alpha value is -1.98. The number of amides is 3. The molecule has 0 aromatic carbocycles. The van der Waals surface area contributed by atoms with Crippen molar-refractivity contribution in [2.45, 2.75) is 71.5 Å². The highest BCUT2D eigenvalue weighted by molar-refractivity contribution is 5.84. The molecule has 0 bridgehead atoms. The summed E-state index contributed by atoms with van der Waals surface area (Å²) in [6, 6.07) is 4.27. The minimum absolute atomic E-state index is 0.0386. The normalized spacial score (nSPS) is 14.8. The first kappa shape index (κ1) is 20.3. The van der Waals surface area contributed by atoms with Crippen LogP contribution in [-0.2, 0) is 18.4 Å². The van der Waals surface area contributed by atoms with E-state index in [2.05, 4.69) is 12.2 Å². The van der Waals surface area contributed by atoms with Crippen LogP contribution < -0.4 is 5.32 Å². The Labute approximate surface area is 157 Å². The summed E-state index contributed by atoms with van der Waals surface area (Å²) in [6.45, 7) is 7.56. The second-order valence-electron chi connectivity index (χ2n) is 7.33. The molecule has 6 nitrogen and oxygen atoms in total. The van der Waals surface area contributed by atoms with Gasteiger partial charge in [-0.15, -0.1) is 0 Å². The van der Waals surface area contributed by atoms with Gasteiger partial charge in [-0.3, -0.25) is 4.79 Å². The van der Waals surface area contributed by atoms with E-state index in [1.165, 1.54) is 0 Å². The third-order valence-corrected chi connectivity index (χ3v) is 5.19. The molecule has 1 aliphatic rings. The van der Waals surface area contributed by atoms with Gasteiger partial charge in [-0.05, 0) is 44.7 Å². The lowest BCUT2D eigenvalue weighted by atomic mass is 10.2. The zero-order chi connectivity index (χ0) is 19.1. The highest BCUT2D eigenvalue weighted by atomic mass is 16.2. The number of urea groups is 1. The van der Waals surface area contributed by atoms with Gasteiger partial charge in [0, 0.05) is 37.6 Å². The van der Waals surface area contributed by atoms with Crippen LogP contribution in [0.2, 0.25) is 0 Å². The number of carbonyl (C=O) groups excluding carboxylic acids is 2. The summed E-state index contributed by atoms with van der Waals surface area (Å²) < 4.78 is 2.05. The molecule has 1 heterocycles. The van der Waals surface area contributed by atoms with Crippen LogP contribution in [0.3, 0.4) is 0 Å². The van der Waals surface area contributed by atoms with Gasteiger partial charge in [0.15, 0.2) is 0 Å². The third kappa shape index (κ3) is 5.51. The molecule has 1 atom stereocenters. The van der Waals surface area contributed by atoms with E-state index in [-0.39, 0.29) is 24.5 Å². The van der Waals surface area contributed by atoms with Crippen LogP contribution in [0.25, 0.3) is 0 Å². The molecule has 0 radical (unpaired) electrons. The molecular weight excluding hydrogens is 328 g/mol. The van der Waals surface area contributed by atoms with E-state index in [1.54, 1.807) is 4.90 Å². The van der Waals surface area contributed by atoms with E-state index in [9.17, 15) is 9.59 Å². The molecule has 1 aliphatic carbocycles. The quantitative estimate of drug-likeness (QED) is 0.650. The molecule has 0 unspecified atom stereocenters. The van der Waals surface area contributed by atoms with Crippen LogP contribution in [0.4, 0.5) is 4.79 Å². The Morgan fingerprint density at radius 2 is 2.08 bits per heavy atom. The molecule has 6 heteroatoms. The van der Waals surface area contributed by atoms with Gasteiger partial charge in [0.2, 0.25) is 5.91 Å². The lowest BCUT2D eigenvalue weighted by molar-refractivity contribution is -0.133. The summed E-state index contributed by atoms with van der Waals surface area (Å²) in [6.07, 6.45) is 6.93. The molecule has 1 aromatic heterocycles. The van der Waals surface area contributed by atoms with E-state index in [1.807, 2.05) is 48.7 Å². The maximum atomic E-state index is 13.0. The van der Waals surface area contributed by atoms with E-state index in [0.717, 1.165) is 37.8 Å². The smallest absolute Gasteiger partial charge is 0.318 e. The van der Waals surface area contributed by atoms with Crippen molar-refractivity contribution in [1.29, 1.82) is 0 Å². The summed E-state index contributed by atoms with van der Waals surface area (Å²) in [5.41, 5.74) is 1.12. The van der Waals surface area contributed by atoms with Crippen LogP contribution in [-0.4, -0.2) is 51.5 Å². The number of carbonyl (C=O) groups is 2. The van der Waals surface area contributed by atoms with Crippen LogP contribution in [0.1, 0.15) is 58.6 Å². The van der Waals surface area contributed by atoms with Crippen molar-refractivity contribution < 1.29 is 9.59 Å². The van der Waals surface area contributed by atoms with Gasteiger partial charge in [-0.2, -0.15) is 0 Å². The van der Waals surface area contributed by atoms with Crippen LogP contribution in [0, 0.1) is 0 Å². The Bertz CT molecular complexity index is 594. The lowest BCUT2D eigenvalue weighted by Crippen LogP contribution is -2.50. The molecule has 0 aliphatic heterocycles. The van der Waals surface area contributed by atoms with Crippen LogP contribution >= 0.6 is 0 Å². The van der Waals surface area contributed by atoms with E-state index in [0.29, 0.717) is 19.1 Å². The molecule has 1 N–H and O–H groups in total. The zero-order valence-electron chi connectivity index (χ0n) is 16.7. The molecule has 1 saturated carbocycles. The summed E-state index contributed by atoms with van der Waals surface area (Å²) in [7, 11) is 2.00. The Morgan fingerprint density at radius 1 is 1.35 bits per heavy atom. The van der Waals surface area contributed by atoms with Gasteiger partial charge in [0.1, 0.15) is 6.54 Å². The van der Waals surface area contributed by atoms with Gasteiger partial charge < -0.3 is 19.7 Å². The number of hydrogen-bond acceptors (Lipinski definition) is 2. The standard InChI is InChI=1S/C20H34N4O2/c1-5-7-12-21-20(26)23(16(3)6-2)15-19(25)24(17-10-11-17)14-18-9-8-13-22(18)4/h8-9,13,16-17H,5-7,10-12,14-15H2,1-4H3,(H,21,26)/t16-/m1/s1. The maximum absolute atomic E-state index is 13.0. The number of hydrogen-bond donors (Lipinski definition) is 1. The van der Waals surface area contributed by atoms with Crippen LogP contribution in [0.15, 0.2) is 18.3 Å². The van der Waals surface area contributed by atoms with Crippen molar-refractivity contribution in [3.8, 4) is 0 Å². The summed E-state index contributed by atoms with van der Waals surface area (Å²) in [4.78, 5) is 29.2. The first-order chi connectivity index (χ1) is 12.5. The van der Waals surface area contributed by atoms with Gasteiger partial charge in [-0.25, -0.2) is 4.79 Å². The summed E-state index contributed by atoms with van der Waals surface area (Å²) >= 11 is 0. The Balaban J connectivity index is 2.03. The molecule has 146 valence electrons. The van der Waals surface area contributed by atoms with Crippen molar-refractivity contribution in [2.24, 2.45) is 7.05 Å². The average molecular weight is 363 g/mol. The topological polar surface area (TPSA) is 57.6 Å². The van der Waals surface area contributed by atoms with Crippen molar-refractivity contribution in [1.82, 2.24) is 19.7 Å². The molecule has 26 heavy (non-hydrogen) atoms. The largest absolute Gasteiger partial charge is 0.353 e. The Morgan fingerprint density at radius 3 is 2.62 bits per heavy atom. The van der Waals surface area contributed by atoms with Crippen molar-refractivity contribution in [2.75, 3.05) is 13.1 Å². The van der Waals surface area contributed by atoms with Gasteiger partial charge >= 0.3 is 6.03 Å². The monoisotopic (exact) mass is 362 g/mol. The molecule has 0 saturated heterocycles. The fourth-order valence-electron chi connectivity index (χ4n) is 3.00. The predicted molar refractivity (Wildman–Crippen MR) is 104 cm³/mol. The van der Waals surface area contributed by atoms with Crippen LogP contribution in [0.5, 0.6) is 0 Å². The number of nitrogens with zero attached hydrogens (tertiary/aromatic N) is 3. The van der Waals surface area contributed by atoms with Gasteiger partial charge in [0.05, 0.1) is 6.54 Å². The number of aryl methyl sites for hydroxylation is 1. The first-order valence-corrected chi connectivity index (χ1v) is 9.92. The van der Waals surface area contributed by atoms with Gasteiger partial charge in [-0.1, -0.05) is 20.3 Å². The van der Waals surface area contributed by atoms with Crippen molar-refractivity contribution in [3.63, 3.8) is 0 Å². The summed E-state index contributed by atoms with van der Waals surface area (Å²) in [5, 5.41) is 2.95. The lowest BCUT2D eigenvalue weighted by Gasteiger charge is -2.31. The minimum atomic E-state index is -0.129. The summed E-state index contributed by atoms with van der Waals surface area (Å²) in [5.74, 6) is 0.0413. The molecule has 0 spiro atoms. The zero-order valence-corrected chi connectivity index (χ0v) is 16.7. The highest BCUT2D eigenvalue weighted by Gasteiger charge is 2.34. The fourth-order valence-corrected chi connectivity index (χ4v) is 3.00. The molecule has 1 fully saturated rings. The maximum Gasteiger partial charge on any atom is 0.318 e. The average Bonchev–Trinajstić information content (AvgIpc) is 3.39. The molecule has 2 rings (SSSR count). The SMILES string of the molecule is CCCCNC(=O)N(CC(=O)N(Cc1cccn1C)C1CC1)[C@H](C)CC. The van der Waals surface area contributed by atoms with E-state index in [4.69, 9.17) is 0 Å². The molecule has 1 aromatic rings. The molecule has 3 amide bonds. The van der Waals surface area contributed by atoms with E-state index >= 15 is 0 Å². The van der Waals surface area contributed by atoms with E-state index < -0.39 is 0 Å². The fraction of sp³-hybridized carbons (Fsp3) is 0.700. The second-order valence-corrected chi connectivity index (χ2v) is 7.33. The molecular formula is C20H34N4O2. The number of nitrogens with one attached hydrogen (secondary N) is 1. The van der Waals surface area contributed by atoms with Crippen molar-refractivity contribution >= 4 is 11.9 Å². The third-order valence-electron chi connectivity index (χ3n) is 5.19. The Kier molecular flexibility index (Phi) is 7.54. The van der Waals surface area contributed by atoms with Gasteiger partial charge in [0.25, 0.3) is 0 Å². The predicted octanol–water partition coefficient (Wildman–Crippen LogP) is 3.13. The number of aromatic nitrogens is 1. The second kappa shape index (κ2) is 9.64. The highest BCUT2D eigenvalue weighted by Crippen LogP contribution is 2.28. The first-order valence-electron chi connectivity index (χ1n) is 9.92. The number of rotatable bonds is 10. The van der Waals surface area contributed by atoms with Crippen molar-refractivity contribution in [3.05, 3.63) is 24.0 Å². The minimum Gasteiger partial charge on any atom is -0.353 e. The number of unbranched alkanes of at least 4 members (excludes halogenated alkanes) is 1.